The predicted molar refractivity (Wildman–Crippen MR) is 48.4 cm³/mol. The summed E-state index contributed by atoms with van der Waals surface area (Å²) < 4.78 is 0. The molecule has 0 fully saturated rings. The van der Waals surface area contributed by atoms with E-state index >= 15 is 0 Å². The van der Waals surface area contributed by atoms with Gasteiger partial charge in [0.25, 0.3) is 0 Å². The first-order chi connectivity index (χ1) is 5.09. The van der Waals surface area contributed by atoms with E-state index in [1.807, 2.05) is 0 Å². The van der Waals surface area contributed by atoms with Crippen LogP contribution in [0.1, 0.15) is 34.1 Å². The molecule has 0 spiro atoms. The Kier molecular flexibility index (Phi) is 5.08. The highest BCUT2D eigenvalue weighted by atomic mass is 16.3. The highest BCUT2D eigenvalue weighted by Crippen LogP contribution is 2.22. The smallest absolute Gasteiger partial charge is 0.0813 e. The van der Waals surface area contributed by atoms with Crippen molar-refractivity contribution in [2.75, 3.05) is 6.54 Å². The third-order valence-corrected chi connectivity index (χ3v) is 2.62. The van der Waals surface area contributed by atoms with Gasteiger partial charge in [0.15, 0.2) is 0 Å². The van der Waals surface area contributed by atoms with E-state index in [1.165, 1.54) is 0 Å². The van der Waals surface area contributed by atoms with Crippen LogP contribution in [0.3, 0.4) is 0 Å². The van der Waals surface area contributed by atoms with E-state index in [0.29, 0.717) is 24.3 Å². The molecule has 2 nitrogen and oxygen atoms in total. The summed E-state index contributed by atoms with van der Waals surface area (Å²) in [6.45, 7) is 9.33. The van der Waals surface area contributed by atoms with E-state index < -0.39 is 0 Å². The molecule has 0 aromatic heterocycles. The largest absolute Gasteiger partial charge is 0.151 e. The molecule has 2 heteroatoms. The van der Waals surface area contributed by atoms with Crippen molar-refractivity contribution in [2.24, 2.45) is 22.9 Å². The normalized spacial score (nSPS) is 16.5. The van der Waals surface area contributed by atoms with E-state index in [9.17, 15) is 4.91 Å². The maximum Gasteiger partial charge on any atom is 0.0813 e. The molecule has 66 valence electrons. The van der Waals surface area contributed by atoms with Crippen LogP contribution < -0.4 is 0 Å². The van der Waals surface area contributed by atoms with E-state index in [1.54, 1.807) is 0 Å². The fourth-order valence-electron chi connectivity index (χ4n) is 1.18. The molecule has 0 bridgehead atoms. The first kappa shape index (κ1) is 10.6. The quantitative estimate of drug-likeness (QED) is 0.564. The minimum Gasteiger partial charge on any atom is -0.151 e. The minimum atomic E-state index is 0.470. The van der Waals surface area contributed by atoms with Gasteiger partial charge in [-0.1, -0.05) is 32.9 Å². The minimum absolute atomic E-state index is 0.470. The van der Waals surface area contributed by atoms with E-state index in [-0.39, 0.29) is 0 Å². The molecule has 2 unspecified atom stereocenters. The van der Waals surface area contributed by atoms with Crippen molar-refractivity contribution in [3.63, 3.8) is 0 Å². The molecular formula is C9H19NO. The van der Waals surface area contributed by atoms with Gasteiger partial charge in [-0.2, -0.15) is 4.91 Å². The van der Waals surface area contributed by atoms with Gasteiger partial charge in [-0.05, 0) is 24.2 Å². The van der Waals surface area contributed by atoms with Crippen molar-refractivity contribution in [3.05, 3.63) is 4.91 Å². The third-order valence-electron chi connectivity index (χ3n) is 2.62. The van der Waals surface area contributed by atoms with Crippen LogP contribution >= 0.6 is 0 Å². The van der Waals surface area contributed by atoms with Crippen molar-refractivity contribution in [1.82, 2.24) is 0 Å². The van der Waals surface area contributed by atoms with Crippen LogP contribution in [-0.4, -0.2) is 6.54 Å². The standard InChI is InChI=1S/C9H19NO/c1-7(2)9(4)8(3)5-6-10-11/h7-9H,5-6H2,1-4H3. The summed E-state index contributed by atoms with van der Waals surface area (Å²) in [5, 5.41) is 2.87. The van der Waals surface area contributed by atoms with Gasteiger partial charge in [-0.15, -0.1) is 0 Å². The Bertz CT molecular complexity index is 112. The number of hydrogen-bond donors (Lipinski definition) is 0. The van der Waals surface area contributed by atoms with Crippen LogP contribution in [0.2, 0.25) is 0 Å². The van der Waals surface area contributed by atoms with Crippen molar-refractivity contribution in [3.8, 4) is 0 Å². The summed E-state index contributed by atoms with van der Waals surface area (Å²) in [6.07, 6.45) is 0.933. The summed E-state index contributed by atoms with van der Waals surface area (Å²) >= 11 is 0. The molecule has 0 saturated carbocycles. The lowest BCUT2D eigenvalue weighted by Gasteiger charge is -2.22. The van der Waals surface area contributed by atoms with E-state index in [0.717, 1.165) is 6.42 Å². The van der Waals surface area contributed by atoms with E-state index in [4.69, 9.17) is 0 Å². The fourth-order valence-corrected chi connectivity index (χ4v) is 1.18. The van der Waals surface area contributed by atoms with Crippen molar-refractivity contribution < 1.29 is 0 Å². The molecule has 0 N–H and O–H groups in total. The van der Waals surface area contributed by atoms with Crippen molar-refractivity contribution in [2.45, 2.75) is 34.1 Å². The highest BCUT2D eigenvalue weighted by molar-refractivity contribution is 4.65. The molecule has 0 aliphatic carbocycles. The second-order valence-electron chi connectivity index (χ2n) is 3.72. The molecule has 0 aromatic carbocycles. The fraction of sp³-hybridized carbons (Fsp3) is 1.00. The average Bonchev–Trinajstić information content (AvgIpc) is 1.98. The maximum atomic E-state index is 9.85. The molecule has 0 saturated heterocycles. The Balaban J connectivity index is 3.63. The lowest BCUT2D eigenvalue weighted by molar-refractivity contribution is 0.285. The van der Waals surface area contributed by atoms with Crippen LogP contribution in [0.15, 0.2) is 5.18 Å². The van der Waals surface area contributed by atoms with Gasteiger partial charge in [-0.25, -0.2) is 0 Å². The molecule has 0 radical (unpaired) electrons. The summed E-state index contributed by atoms with van der Waals surface area (Å²) in [5.41, 5.74) is 0. The maximum absolute atomic E-state index is 9.85. The first-order valence-electron chi connectivity index (χ1n) is 4.38. The van der Waals surface area contributed by atoms with Crippen LogP contribution in [0.25, 0.3) is 0 Å². The van der Waals surface area contributed by atoms with Gasteiger partial charge in [0.05, 0.1) is 6.54 Å². The Hall–Kier alpha value is -0.400. The summed E-state index contributed by atoms with van der Waals surface area (Å²) in [5.74, 6) is 2.01. The Morgan fingerprint density at radius 3 is 2.09 bits per heavy atom. The van der Waals surface area contributed by atoms with Gasteiger partial charge >= 0.3 is 0 Å². The average molecular weight is 157 g/mol. The molecule has 0 heterocycles. The summed E-state index contributed by atoms with van der Waals surface area (Å²) in [6, 6.07) is 0. The topological polar surface area (TPSA) is 29.4 Å². The number of hydrogen-bond acceptors (Lipinski definition) is 2. The molecule has 0 amide bonds. The van der Waals surface area contributed by atoms with Gasteiger partial charge in [-0.3, -0.25) is 0 Å². The van der Waals surface area contributed by atoms with Crippen molar-refractivity contribution in [1.29, 1.82) is 0 Å². The zero-order chi connectivity index (χ0) is 8.85. The molecule has 0 aliphatic heterocycles. The van der Waals surface area contributed by atoms with Crippen LogP contribution in [-0.2, 0) is 0 Å². The van der Waals surface area contributed by atoms with Gasteiger partial charge in [0.1, 0.15) is 0 Å². The van der Waals surface area contributed by atoms with Gasteiger partial charge in [0, 0.05) is 0 Å². The Morgan fingerprint density at radius 2 is 1.73 bits per heavy atom. The number of nitrogens with zero attached hydrogens (tertiary/aromatic N) is 1. The second kappa shape index (κ2) is 5.28. The van der Waals surface area contributed by atoms with Gasteiger partial charge < -0.3 is 0 Å². The van der Waals surface area contributed by atoms with Crippen LogP contribution in [0, 0.1) is 22.7 Å². The Morgan fingerprint density at radius 1 is 1.18 bits per heavy atom. The molecule has 11 heavy (non-hydrogen) atoms. The molecule has 0 aromatic rings. The molecule has 0 rings (SSSR count). The lowest BCUT2D eigenvalue weighted by atomic mass is 9.84. The number of rotatable bonds is 5. The molecular weight excluding hydrogens is 138 g/mol. The summed E-state index contributed by atoms with van der Waals surface area (Å²) in [4.78, 5) is 9.85. The zero-order valence-electron chi connectivity index (χ0n) is 8.00. The first-order valence-corrected chi connectivity index (χ1v) is 4.38. The van der Waals surface area contributed by atoms with Gasteiger partial charge in [0.2, 0.25) is 0 Å². The van der Waals surface area contributed by atoms with Crippen molar-refractivity contribution >= 4 is 0 Å². The lowest BCUT2D eigenvalue weighted by Crippen LogP contribution is -2.14. The predicted octanol–water partition coefficient (Wildman–Crippen LogP) is 3.07. The second-order valence-corrected chi connectivity index (χ2v) is 3.72. The van der Waals surface area contributed by atoms with Crippen LogP contribution in [0.5, 0.6) is 0 Å². The van der Waals surface area contributed by atoms with Crippen LogP contribution in [0.4, 0.5) is 0 Å². The molecule has 0 aliphatic rings. The number of nitroso groups, excluding NO2 is 1. The molecule has 2 atom stereocenters. The SMILES string of the molecule is CC(C)C(C)C(C)CCN=O. The summed E-state index contributed by atoms with van der Waals surface area (Å²) in [7, 11) is 0. The highest BCUT2D eigenvalue weighted by Gasteiger charge is 2.14. The third kappa shape index (κ3) is 4.12. The monoisotopic (exact) mass is 157 g/mol. The zero-order valence-corrected chi connectivity index (χ0v) is 8.00. The van der Waals surface area contributed by atoms with E-state index in [2.05, 4.69) is 32.9 Å². The Labute approximate surface area is 69.4 Å².